The molecule has 0 saturated carbocycles. The van der Waals surface area contributed by atoms with Crippen LogP contribution in [0.15, 0.2) is 11.1 Å². The molecule has 2 aromatic rings. The maximum absolute atomic E-state index is 11.9. The molecule has 1 aliphatic heterocycles. The highest BCUT2D eigenvalue weighted by Gasteiger charge is 2.45. The molecule has 0 amide bonds. The van der Waals surface area contributed by atoms with Gasteiger partial charge in [0.25, 0.3) is 5.56 Å². The molecule has 0 aliphatic carbocycles. The Morgan fingerprint density at radius 3 is 2.83 bits per heavy atom. The van der Waals surface area contributed by atoms with Gasteiger partial charge < -0.3 is 29.8 Å². The SMILES string of the molecule is COC(=O)c1nc2c(=O)[nH]cnc2n1[C@@H]1O[C@H](CO)[C@@H](O)[C@H]1O. The fourth-order valence-corrected chi connectivity index (χ4v) is 2.49. The number of carbonyl (C=O) groups is 1. The van der Waals surface area contributed by atoms with E-state index in [4.69, 9.17) is 9.84 Å². The summed E-state index contributed by atoms with van der Waals surface area (Å²) in [4.78, 5) is 33.9. The van der Waals surface area contributed by atoms with Gasteiger partial charge in [-0.1, -0.05) is 0 Å². The number of hydrogen-bond acceptors (Lipinski definition) is 9. The lowest BCUT2D eigenvalue weighted by molar-refractivity contribution is -0.0524. The summed E-state index contributed by atoms with van der Waals surface area (Å²) in [6.07, 6.45) is -4.06. The van der Waals surface area contributed by atoms with Crippen LogP contribution in [0.3, 0.4) is 0 Å². The van der Waals surface area contributed by atoms with Gasteiger partial charge in [-0.25, -0.2) is 14.8 Å². The first-order valence-electron chi connectivity index (χ1n) is 6.66. The second kappa shape index (κ2) is 5.70. The molecule has 1 aliphatic rings. The van der Waals surface area contributed by atoms with Gasteiger partial charge in [0.15, 0.2) is 17.4 Å². The number of aromatic nitrogens is 4. The van der Waals surface area contributed by atoms with E-state index in [0.29, 0.717) is 0 Å². The number of aliphatic hydroxyl groups excluding tert-OH is 3. The van der Waals surface area contributed by atoms with Crippen LogP contribution in [0, 0.1) is 0 Å². The van der Waals surface area contributed by atoms with Crippen molar-refractivity contribution < 1.29 is 29.6 Å². The van der Waals surface area contributed by atoms with E-state index >= 15 is 0 Å². The number of hydrogen-bond donors (Lipinski definition) is 4. The maximum atomic E-state index is 11.9. The summed E-state index contributed by atoms with van der Waals surface area (Å²) < 4.78 is 11.1. The molecule has 0 spiro atoms. The summed E-state index contributed by atoms with van der Waals surface area (Å²) in [6.45, 7) is -0.539. The van der Waals surface area contributed by atoms with Gasteiger partial charge in [0.2, 0.25) is 5.82 Å². The number of aromatic amines is 1. The lowest BCUT2D eigenvalue weighted by Gasteiger charge is -2.18. The molecule has 4 atom stereocenters. The highest BCUT2D eigenvalue weighted by molar-refractivity contribution is 5.89. The second-order valence-electron chi connectivity index (χ2n) is 4.93. The number of H-pyrrole nitrogens is 1. The van der Waals surface area contributed by atoms with Crippen LogP contribution in [0.2, 0.25) is 0 Å². The van der Waals surface area contributed by atoms with Gasteiger partial charge in [-0.2, -0.15) is 0 Å². The highest BCUT2D eigenvalue weighted by atomic mass is 16.6. The minimum absolute atomic E-state index is 0.0241. The molecule has 0 radical (unpaired) electrons. The van der Waals surface area contributed by atoms with Crippen LogP contribution in [0.25, 0.3) is 11.2 Å². The smallest absolute Gasteiger partial charge is 0.374 e. The first-order valence-corrected chi connectivity index (χ1v) is 6.66. The van der Waals surface area contributed by atoms with E-state index < -0.39 is 42.7 Å². The molecule has 3 heterocycles. The van der Waals surface area contributed by atoms with Crippen molar-refractivity contribution in [3.8, 4) is 0 Å². The van der Waals surface area contributed by atoms with Crippen LogP contribution in [-0.4, -0.2) is 72.8 Å². The van der Waals surface area contributed by atoms with Crippen molar-refractivity contribution in [3.05, 3.63) is 22.5 Å². The average molecular weight is 326 g/mol. The Kier molecular flexibility index (Phi) is 3.85. The van der Waals surface area contributed by atoms with Crippen LogP contribution in [0.4, 0.5) is 0 Å². The number of nitrogens with zero attached hydrogens (tertiary/aromatic N) is 3. The van der Waals surface area contributed by atoms with Crippen LogP contribution >= 0.6 is 0 Å². The molecule has 2 aromatic heterocycles. The van der Waals surface area contributed by atoms with Crippen molar-refractivity contribution in [1.82, 2.24) is 19.5 Å². The molecule has 3 rings (SSSR count). The van der Waals surface area contributed by atoms with Crippen molar-refractivity contribution in [1.29, 1.82) is 0 Å². The van der Waals surface area contributed by atoms with E-state index in [0.717, 1.165) is 18.0 Å². The number of imidazole rings is 1. The number of rotatable bonds is 3. The Morgan fingerprint density at radius 2 is 2.22 bits per heavy atom. The van der Waals surface area contributed by atoms with E-state index in [1.807, 2.05) is 0 Å². The molecule has 0 unspecified atom stereocenters. The lowest BCUT2D eigenvalue weighted by Crippen LogP contribution is -2.33. The van der Waals surface area contributed by atoms with E-state index in [1.165, 1.54) is 0 Å². The summed E-state index contributed by atoms with van der Waals surface area (Å²) in [5.41, 5.74) is -0.764. The Hall–Kier alpha value is -2.34. The number of aliphatic hydroxyl groups is 3. The molecule has 4 N–H and O–H groups in total. The standard InChI is InChI=1S/C12H14N4O7/c1-22-12(21)9-15-5-8(13-3-14-10(5)20)16(9)11-7(19)6(18)4(2-17)23-11/h3-4,6-7,11,17-19H,2H2,1H3,(H,13,14,20)/t4-,6-,7-,11-/m1/s1. The predicted octanol–water partition coefficient (Wildman–Crippen LogP) is -2.48. The zero-order valence-corrected chi connectivity index (χ0v) is 11.9. The number of fused-ring (bicyclic) bond motifs is 1. The third-order valence-electron chi connectivity index (χ3n) is 3.62. The quantitative estimate of drug-likeness (QED) is 0.448. The summed E-state index contributed by atoms with van der Waals surface area (Å²) in [5.74, 6) is -1.19. The number of esters is 1. The molecule has 11 nitrogen and oxygen atoms in total. The number of methoxy groups -OCH3 is 1. The zero-order chi connectivity index (χ0) is 16.7. The maximum Gasteiger partial charge on any atom is 0.374 e. The van der Waals surface area contributed by atoms with E-state index in [2.05, 4.69) is 19.7 Å². The van der Waals surface area contributed by atoms with Crippen molar-refractivity contribution >= 4 is 17.1 Å². The number of nitrogens with one attached hydrogen (secondary N) is 1. The van der Waals surface area contributed by atoms with Gasteiger partial charge in [-0.3, -0.25) is 9.36 Å². The van der Waals surface area contributed by atoms with E-state index in [1.54, 1.807) is 0 Å². The number of carbonyl (C=O) groups excluding carboxylic acids is 1. The molecule has 1 fully saturated rings. The minimum Gasteiger partial charge on any atom is -0.463 e. The largest absolute Gasteiger partial charge is 0.463 e. The average Bonchev–Trinajstić information content (AvgIpc) is 3.07. The normalized spacial score (nSPS) is 27.5. The molecule has 1 saturated heterocycles. The molecular weight excluding hydrogens is 312 g/mol. The molecule has 0 bridgehead atoms. The molecule has 124 valence electrons. The molecule has 11 heteroatoms. The van der Waals surface area contributed by atoms with Gasteiger partial charge in [0.05, 0.1) is 20.0 Å². The Morgan fingerprint density at radius 1 is 1.48 bits per heavy atom. The minimum atomic E-state index is -1.46. The van der Waals surface area contributed by atoms with Crippen molar-refractivity contribution in [2.45, 2.75) is 24.5 Å². The summed E-state index contributed by atoms with van der Waals surface area (Å²) in [5, 5.41) is 29.2. The fourth-order valence-electron chi connectivity index (χ4n) is 2.49. The van der Waals surface area contributed by atoms with Crippen molar-refractivity contribution in [3.63, 3.8) is 0 Å². The lowest BCUT2D eigenvalue weighted by atomic mass is 10.1. The van der Waals surface area contributed by atoms with Gasteiger partial charge in [0, 0.05) is 0 Å². The predicted molar refractivity (Wildman–Crippen MR) is 72.5 cm³/mol. The van der Waals surface area contributed by atoms with Crippen molar-refractivity contribution in [2.75, 3.05) is 13.7 Å². The van der Waals surface area contributed by atoms with Gasteiger partial charge >= 0.3 is 5.97 Å². The summed E-state index contributed by atoms with van der Waals surface area (Å²) >= 11 is 0. The Balaban J connectivity index is 2.21. The fraction of sp³-hybridized carbons (Fsp3) is 0.500. The molecule has 23 heavy (non-hydrogen) atoms. The topological polar surface area (TPSA) is 160 Å². The van der Waals surface area contributed by atoms with Crippen LogP contribution in [0.5, 0.6) is 0 Å². The summed E-state index contributed by atoms with van der Waals surface area (Å²) in [6, 6.07) is 0. The van der Waals surface area contributed by atoms with E-state index in [9.17, 15) is 19.8 Å². The molecule has 0 aromatic carbocycles. The van der Waals surface area contributed by atoms with Gasteiger partial charge in [-0.05, 0) is 0 Å². The second-order valence-corrected chi connectivity index (χ2v) is 4.93. The van der Waals surface area contributed by atoms with Crippen LogP contribution in [-0.2, 0) is 9.47 Å². The Bertz CT molecular complexity index is 800. The molecular formula is C12H14N4O7. The third kappa shape index (κ3) is 2.30. The van der Waals surface area contributed by atoms with E-state index in [-0.39, 0.29) is 17.0 Å². The Labute approximate surface area is 128 Å². The first kappa shape index (κ1) is 15.6. The van der Waals surface area contributed by atoms with Crippen LogP contribution < -0.4 is 5.56 Å². The van der Waals surface area contributed by atoms with Gasteiger partial charge in [-0.15, -0.1) is 0 Å². The monoisotopic (exact) mass is 326 g/mol. The summed E-state index contributed by atoms with van der Waals surface area (Å²) in [7, 11) is 1.13. The van der Waals surface area contributed by atoms with Gasteiger partial charge in [0.1, 0.15) is 18.3 Å². The zero-order valence-electron chi connectivity index (χ0n) is 11.9. The third-order valence-corrected chi connectivity index (χ3v) is 3.62. The highest BCUT2D eigenvalue weighted by Crippen LogP contribution is 2.32. The van der Waals surface area contributed by atoms with Crippen molar-refractivity contribution in [2.24, 2.45) is 0 Å². The first-order chi connectivity index (χ1) is 11.0. The van der Waals surface area contributed by atoms with Crippen LogP contribution in [0.1, 0.15) is 16.8 Å². The number of ether oxygens (including phenoxy) is 2.